The van der Waals surface area contributed by atoms with Gasteiger partial charge in [-0.15, -0.1) is 0 Å². The molecule has 0 bridgehead atoms. The number of fused-ring (bicyclic) bond motifs is 8. The van der Waals surface area contributed by atoms with E-state index in [0.717, 1.165) is 55.5 Å². The number of para-hydroxylation sites is 1. The van der Waals surface area contributed by atoms with E-state index in [1.165, 1.54) is 38.4 Å². The van der Waals surface area contributed by atoms with E-state index in [2.05, 4.69) is 205 Å². The second kappa shape index (κ2) is 12.5. The van der Waals surface area contributed by atoms with Crippen molar-refractivity contribution < 1.29 is 4.42 Å². The van der Waals surface area contributed by atoms with Crippen LogP contribution < -0.4 is 4.90 Å². The molecule has 0 N–H and O–H groups in total. The first-order valence-electron chi connectivity index (χ1n) is 17.8. The first-order valence-corrected chi connectivity index (χ1v) is 17.8. The van der Waals surface area contributed by atoms with Gasteiger partial charge in [0, 0.05) is 39.2 Å². The number of furan rings is 1. The van der Waals surface area contributed by atoms with Crippen molar-refractivity contribution in [3.63, 3.8) is 0 Å². The van der Waals surface area contributed by atoms with Crippen LogP contribution in [-0.4, -0.2) is 0 Å². The highest BCUT2D eigenvalue weighted by Crippen LogP contribution is 2.47. The Bertz CT molecular complexity index is 2860. The van der Waals surface area contributed by atoms with Gasteiger partial charge in [0.25, 0.3) is 0 Å². The number of hydrogen-bond donors (Lipinski definition) is 0. The predicted octanol–water partition coefficient (Wildman–Crippen LogP) is 14.4. The molecule has 10 rings (SSSR count). The molecule has 0 aliphatic rings. The van der Waals surface area contributed by atoms with Gasteiger partial charge in [-0.25, -0.2) is 0 Å². The fourth-order valence-electron chi connectivity index (χ4n) is 7.77. The van der Waals surface area contributed by atoms with E-state index in [9.17, 15) is 0 Å². The van der Waals surface area contributed by atoms with Gasteiger partial charge in [0.15, 0.2) is 0 Å². The van der Waals surface area contributed by atoms with Crippen molar-refractivity contribution in [3.8, 4) is 33.4 Å². The first-order chi connectivity index (χ1) is 25.8. The third-order valence-electron chi connectivity index (χ3n) is 10.3. The van der Waals surface area contributed by atoms with Crippen molar-refractivity contribution in [1.29, 1.82) is 0 Å². The highest BCUT2D eigenvalue weighted by atomic mass is 16.3. The molecular formula is C50H33NO. The van der Waals surface area contributed by atoms with Crippen molar-refractivity contribution in [2.24, 2.45) is 0 Å². The molecule has 0 radical (unpaired) electrons. The van der Waals surface area contributed by atoms with E-state index in [1.54, 1.807) is 0 Å². The molecule has 1 heterocycles. The normalized spacial score (nSPS) is 11.5. The summed E-state index contributed by atoms with van der Waals surface area (Å²) < 4.78 is 6.92. The first kappa shape index (κ1) is 30.0. The van der Waals surface area contributed by atoms with Crippen LogP contribution in [0.3, 0.4) is 0 Å². The number of benzene rings is 9. The van der Waals surface area contributed by atoms with Crippen LogP contribution in [0.4, 0.5) is 17.1 Å². The molecule has 244 valence electrons. The van der Waals surface area contributed by atoms with Crippen molar-refractivity contribution >= 4 is 60.5 Å². The Kier molecular flexibility index (Phi) is 7.18. The van der Waals surface area contributed by atoms with Crippen LogP contribution in [0.15, 0.2) is 205 Å². The summed E-state index contributed by atoms with van der Waals surface area (Å²) in [6, 6.07) is 71.5. The topological polar surface area (TPSA) is 16.4 Å². The summed E-state index contributed by atoms with van der Waals surface area (Å²) in [5.41, 5.74) is 12.1. The fourth-order valence-corrected chi connectivity index (χ4v) is 7.77. The molecule has 0 atom stereocenters. The third kappa shape index (κ3) is 5.04. The van der Waals surface area contributed by atoms with Gasteiger partial charge >= 0.3 is 0 Å². The standard InChI is InChI=1S/C50H33NO/c1-4-14-34(15-5-1)35-24-26-36(27-25-35)37-28-30-40(31-29-37)51(39-18-8-3-9-19-39)47-33-48-46(32-45(47)38-16-6-2-7-17-38)49-43-22-12-10-20-41(43)42-21-11-13-23-44(42)50(49)52-48/h1-33H. The minimum atomic E-state index is 0.863. The molecule has 2 nitrogen and oxygen atoms in total. The van der Waals surface area contributed by atoms with Crippen LogP contribution in [-0.2, 0) is 0 Å². The van der Waals surface area contributed by atoms with Crippen molar-refractivity contribution in [2.75, 3.05) is 4.90 Å². The van der Waals surface area contributed by atoms with E-state index >= 15 is 0 Å². The lowest BCUT2D eigenvalue weighted by Gasteiger charge is -2.28. The SMILES string of the molecule is c1ccc(-c2ccc(-c3ccc(N(c4ccccc4)c4cc5oc6c7ccccc7c7ccccc7c6c5cc4-c4ccccc4)cc3)cc2)cc1. The summed E-state index contributed by atoms with van der Waals surface area (Å²) in [5.74, 6) is 0. The lowest BCUT2D eigenvalue weighted by Crippen LogP contribution is -2.11. The molecular weight excluding hydrogens is 631 g/mol. The maximum Gasteiger partial charge on any atom is 0.143 e. The van der Waals surface area contributed by atoms with Gasteiger partial charge in [-0.1, -0.05) is 164 Å². The van der Waals surface area contributed by atoms with Gasteiger partial charge in [0.2, 0.25) is 0 Å². The Morgan fingerprint density at radius 2 is 0.769 bits per heavy atom. The molecule has 0 saturated carbocycles. The van der Waals surface area contributed by atoms with Crippen molar-refractivity contribution in [2.45, 2.75) is 0 Å². The molecule has 0 amide bonds. The van der Waals surface area contributed by atoms with Crippen LogP contribution in [0.1, 0.15) is 0 Å². The highest BCUT2D eigenvalue weighted by Gasteiger charge is 2.22. The summed E-state index contributed by atoms with van der Waals surface area (Å²) in [4.78, 5) is 2.35. The van der Waals surface area contributed by atoms with Gasteiger partial charge in [-0.2, -0.15) is 0 Å². The van der Waals surface area contributed by atoms with E-state index in [1.807, 2.05) is 0 Å². The smallest absolute Gasteiger partial charge is 0.143 e. The predicted molar refractivity (Wildman–Crippen MR) is 220 cm³/mol. The van der Waals surface area contributed by atoms with Gasteiger partial charge in [0.1, 0.15) is 11.2 Å². The molecule has 0 aliphatic carbocycles. The summed E-state index contributed by atoms with van der Waals surface area (Å²) in [6.45, 7) is 0. The van der Waals surface area contributed by atoms with E-state index < -0.39 is 0 Å². The Morgan fingerprint density at radius 3 is 1.38 bits per heavy atom. The maximum atomic E-state index is 6.92. The second-order valence-corrected chi connectivity index (χ2v) is 13.3. The Morgan fingerprint density at radius 1 is 0.327 bits per heavy atom. The average molecular weight is 664 g/mol. The Balaban J connectivity index is 1.17. The zero-order chi connectivity index (χ0) is 34.4. The van der Waals surface area contributed by atoms with E-state index in [4.69, 9.17) is 4.42 Å². The van der Waals surface area contributed by atoms with Crippen LogP contribution >= 0.6 is 0 Å². The van der Waals surface area contributed by atoms with Gasteiger partial charge in [-0.3, -0.25) is 0 Å². The maximum absolute atomic E-state index is 6.92. The molecule has 0 unspecified atom stereocenters. The van der Waals surface area contributed by atoms with Crippen molar-refractivity contribution in [1.82, 2.24) is 0 Å². The minimum absolute atomic E-state index is 0.863. The number of anilines is 3. The van der Waals surface area contributed by atoms with Crippen LogP contribution in [0.5, 0.6) is 0 Å². The lowest BCUT2D eigenvalue weighted by atomic mass is 9.94. The number of nitrogens with zero attached hydrogens (tertiary/aromatic N) is 1. The molecule has 0 spiro atoms. The molecule has 0 aliphatic heterocycles. The molecule has 52 heavy (non-hydrogen) atoms. The summed E-state index contributed by atoms with van der Waals surface area (Å²) in [6.07, 6.45) is 0. The highest BCUT2D eigenvalue weighted by molar-refractivity contribution is 6.30. The summed E-state index contributed by atoms with van der Waals surface area (Å²) >= 11 is 0. The Hall–Kier alpha value is -6.90. The van der Waals surface area contributed by atoms with Crippen LogP contribution in [0, 0.1) is 0 Å². The lowest BCUT2D eigenvalue weighted by molar-refractivity contribution is 0.673. The number of hydrogen-bond acceptors (Lipinski definition) is 2. The summed E-state index contributed by atoms with van der Waals surface area (Å²) in [7, 11) is 0. The molecule has 2 heteroatoms. The van der Waals surface area contributed by atoms with Gasteiger partial charge in [-0.05, 0) is 74.3 Å². The zero-order valence-electron chi connectivity index (χ0n) is 28.4. The molecule has 9 aromatic carbocycles. The van der Waals surface area contributed by atoms with Crippen molar-refractivity contribution in [3.05, 3.63) is 200 Å². The average Bonchev–Trinajstić information content (AvgIpc) is 3.61. The third-order valence-corrected chi connectivity index (χ3v) is 10.3. The van der Waals surface area contributed by atoms with Crippen LogP contribution in [0.25, 0.3) is 76.9 Å². The Labute approximate surface area is 302 Å². The van der Waals surface area contributed by atoms with Gasteiger partial charge in [0.05, 0.1) is 5.69 Å². The zero-order valence-corrected chi connectivity index (χ0v) is 28.4. The molecule has 0 saturated heterocycles. The number of rotatable bonds is 6. The second-order valence-electron chi connectivity index (χ2n) is 13.3. The molecule has 10 aromatic rings. The molecule has 0 fully saturated rings. The minimum Gasteiger partial charge on any atom is -0.455 e. The largest absolute Gasteiger partial charge is 0.455 e. The van der Waals surface area contributed by atoms with E-state index in [0.29, 0.717) is 0 Å². The van der Waals surface area contributed by atoms with Crippen LogP contribution in [0.2, 0.25) is 0 Å². The van der Waals surface area contributed by atoms with E-state index in [-0.39, 0.29) is 0 Å². The fraction of sp³-hybridized carbons (Fsp3) is 0. The molecule has 1 aromatic heterocycles. The monoisotopic (exact) mass is 663 g/mol. The summed E-state index contributed by atoms with van der Waals surface area (Å²) in [5, 5.41) is 7.04. The quantitative estimate of drug-likeness (QED) is 0.165. The van der Waals surface area contributed by atoms with Gasteiger partial charge < -0.3 is 9.32 Å².